The van der Waals surface area contributed by atoms with E-state index in [4.69, 9.17) is 0 Å². The third kappa shape index (κ3) is 4.13. The second kappa shape index (κ2) is 8.02. The van der Waals surface area contributed by atoms with Gasteiger partial charge < -0.3 is 14.8 Å². The van der Waals surface area contributed by atoms with E-state index < -0.39 is 12.1 Å². The number of imide groups is 1. The minimum absolute atomic E-state index is 0.0501. The van der Waals surface area contributed by atoms with Crippen LogP contribution in [0.1, 0.15) is 43.0 Å². The van der Waals surface area contributed by atoms with Gasteiger partial charge in [0.05, 0.1) is 12.6 Å². The van der Waals surface area contributed by atoms with Gasteiger partial charge in [0.15, 0.2) is 5.82 Å². The van der Waals surface area contributed by atoms with Crippen LogP contribution in [0.25, 0.3) is 0 Å². The van der Waals surface area contributed by atoms with Crippen LogP contribution in [-0.4, -0.2) is 50.1 Å². The number of rotatable bonds is 6. The highest BCUT2D eigenvalue weighted by molar-refractivity contribution is 6.04. The molecule has 0 aliphatic carbocycles. The maximum Gasteiger partial charge on any atom is 0.322 e. The summed E-state index contributed by atoms with van der Waals surface area (Å²) in [4.78, 5) is 37.2. The van der Waals surface area contributed by atoms with E-state index in [1.807, 2.05) is 18.2 Å². The zero-order valence-electron chi connectivity index (χ0n) is 16.3. The maximum atomic E-state index is 12.6. The molecule has 9 heteroatoms. The topological polar surface area (TPSA) is 109 Å². The van der Waals surface area contributed by atoms with E-state index in [1.165, 1.54) is 5.56 Å². The molecule has 0 bridgehead atoms. The zero-order chi connectivity index (χ0) is 20.4. The fourth-order valence-electron chi connectivity index (χ4n) is 3.96. The van der Waals surface area contributed by atoms with E-state index >= 15 is 0 Å². The highest BCUT2D eigenvalue weighted by Gasteiger charge is 2.32. The number of carbonyl (C=O) groups excluding carboxylic acids is 3. The molecule has 4 rings (SSSR count). The molecular formula is C20H24N6O3. The summed E-state index contributed by atoms with van der Waals surface area (Å²) in [6, 6.07) is 9.20. The van der Waals surface area contributed by atoms with Crippen LogP contribution in [0.15, 0.2) is 30.3 Å². The van der Waals surface area contributed by atoms with E-state index in [0.717, 1.165) is 24.5 Å². The summed E-state index contributed by atoms with van der Waals surface area (Å²) in [7, 11) is 0. The van der Waals surface area contributed by atoms with Crippen LogP contribution < -0.4 is 10.6 Å². The quantitative estimate of drug-likeness (QED) is 0.707. The second-order valence-electron chi connectivity index (χ2n) is 7.57. The lowest BCUT2D eigenvalue weighted by atomic mass is 10.1. The van der Waals surface area contributed by atoms with Crippen LogP contribution >= 0.6 is 0 Å². The number of benzene rings is 1. The molecule has 3 heterocycles. The first-order chi connectivity index (χ1) is 14.0. The summed E-state index contributed by atoms with van der Waals surface area (Å²) >= 11 is 0. The standard InChI is InChI=1S/C20H24N6O3/c1-13-11-25(18(27)10-8-15-19(28)22-20(29)21-15)12-17-24-23-16(26(13)17)9-7-14-5-3-2-4-6-14/h2-6,13,15H,7-12H2,1H3,(H2,21,22,28,29)/t13-,15-/m0/s1. The van der Waals surface area contributed by atoms with Crippen LogP contribution in [0.3, 0.4) is 0 Å². The van der Waals surface area contributed by atoms with E-state index in [9.17, 15) is 14.4 Å². The van der Waals surface area contributed by atoms with E-state index in [0.29, 0.717) is 13.1 Å². The highest BCUT2D eigenvalue weighted by atomic mass is 16.2. The van der Waals surface area contributed by atoms with Crippen molar-refractivity contribution in [2.45, 2.75) is 51.2 Å². The van der Waals surface area contributed by atoms with Crippen molar-refractivity contribution in [2.75, 3.05) is 6.54 Å². The first-order valence-electron chi connectivity index (χ1n) is 9.87. The Morgan fingerprint density at radius 2 is 1.97 bits per heavy atom. The Kier molecular flexibility index (Phi) is 5.28. The van der Waals surface area contributed by atoms with Crippen molar-refractivity contribution in [1.82, 2.24) is 30.3 Å². The molecule has 2 atom stereocenters. The van der Waals surface area contributed by atoms with Crippen LogP contribution in [0.5, 0.6) is 0 Å². The molecule has 9 nitrogen and oxygen atoms in total. The second-order valence-corrected chi connectivity index (χ2v) is 7.57. The van der Waals surface area contributed by atoms with Crippen molar-refractivity contribution in [3.63, 3.8) is 0 Å². The molecule has 2 aromatic rings. The summed E-state index contributed by atoms with van der Waals surface area (Å²) in [5, 5.41) is 13.4. The number of nitrogens with one attached hydrogen (secondary N) is 2. The van der Waals surface area contributed by atoms with Crippen LogP contribution in [0.2, 0.25) is 0 Å². The van der Waals surface area contributed by atoms with E-state index in [1.54, 1.807) is 4.90 Å². The molecule has 2 aliphatic heterocycles. The van der Waals surface area contributed by atoms with Gasteiger partial charge in [-0.2, -0.15) is 0 Å². The number of aromatic nitrogens is 3. The Balaban J connectivity index is 1.36. The average molecular weight is 396 g/mol. The van der Waals surface area contributed by atoms with Crippen LogP contribution in [0, 0.1) is 0 Å². The number of urea groups is 1. The molecule has 29 heavy (non-hydrogen) atoms. The predicted octanol–water partition coefficient (Wildman–Crippen LogP) is 0.955. The Morgan fingerprint density at radius 1 is 1.17 bits per heavy atom. The molecule has 0 unspecified atom stereocenters. The SMILES string of the molecule is C[C@H]1CN(C(=O)CC[C@@H]2NC(=O)NC2=O)Cc2nnc(CCc3ccccc3)n21. The Morgan fingerprint density at radius 3 is 2.69 bits per heavy atom. The lowest BCUT2D eigenvalue weighted by molar-refractivity contribution is -0.133. The van der Waals surface area contributed by atoms with Crippen molar-refractivity contribution >= 4 is 17.8 Å². The van der Waals surface area contributed by atoms with Crippen LogP contribution in [-0.2, 0) is 29.0 Å². The average Bonchev–Trinajstić information content (AvgIpc) is 3.27. The van der Waals surface area contributed by atoms with Gasteiger partial charge in [0.25, 0.3) is 5.91 Å². The van der Waals surface area contributed by atoms with E-state index in [2.05, 4.69) is 44.5 Å². The molecule has 0 saturated carbocycles. The highest BCUT2D eigenvalue weighted by Crippen LogP contribution is 2.23. The fourth-order valence-corrected chi connectivity index (χ4v) is 3.96. The maximum absolute atomic E-state index is 12.6. The van der Waals surface area contributed by atoms with Crippen molar-refractivity contribution in [2.24, 2.45) is 0 Å². The van der Waals surface area contributed by atoms with Gasteiger partial charge in [-0.15, -0.1) is 10.2 Å². The number of carbonyl (C=O) groups is 3. The minimum atomic E-state index is -0.637. The summed E-state index contributed by atoms with van der Waals surface area (Å²) in [5.41, 5.74) is 1.26. The van der Waals surface area contributed by atoms with Gasteiger partial charge in [-0.05, 0) is 25.3 Å². The Bertz CT molecular complexity index is 926. The molecular weight excluding hydrogens is 372 g/mol. The number of nitrogens with zero attached hydrogens (tertiary/aromatic N) is 4. The van der Waals surface area contributed by atoms with Gasteiger partial charge in [-0.1, -0.05) is 30.3 Å². The number of amides is 4. The van der Waals surface area contributed by atoms with Gasteiger partial charge in [0.2, 0.25) is 5.91 Å². The zero-order valence-corrected chi connectivity index (χ0v) is 16.3. The van der Waals surface area contributed by atoms with Crippen LogP contribution in [0.4, 0.5) is 4.79 Å². The molecule has 0 radical (unpaired) electrons. The third-order valence-corrected chi connectivity index (χ3v) is 5.43. The summed E-state index contributed by atoms with van der Waals surface area (Å²) in [5.74, 6) is 1.30. The molecule has 1 fully saturated rings. The normalized spacial score (nSPS) is 20.9. The van der Waals surface area contributed by atoms with Gasteiger partial charge in [-0.25, -0.2) is 4.79 Å². The number of hydrogen-bond acceptors (Lipinski definition) is 5. The lowest BCUT2D eigenvalue weighted by Gasteiger charge is -2.33. The number of fused-ring (bicyclic) bond motifs is 1. The van der Waals surface area contributed by atoms with Crippen molar-refractivity contribution < 1.29 is 14.4 Å². The molecule has 0 spiro atoms. The van der Waals surface area contributed by atoms with E-state index in [-0.39, 0.29) is 30.7 Å². The summed E-state index contributed by atoms with van der Waals surface area (Å²) in [6.45, 7) is 3.04. The van der Waals surface area contributed by atoms with Crippen molar-refractivity contribution in [1.29, 1.82) is 0 Å². The predicted molar refractivity (Wildman–Crippen MR) is 104 cm³/mol. The fraction of sp³-hybridized carbons (Fsp3) is 0.450. The third-order valence-electron chi connectivity index (χ3n) is 5.43. The largest absolute Gasteiger partial charge is 0.333 e. The molecule has 2 N–H and O–H groups in total. The molecule has 2 aliphatic rings. The summed E-state index contributed by atoms with van der Waals surface area (Å²) < 4.78 is 2.14. The van der Waals surface area contributed by atoms with Gasteiger partial charge in [-0.3, -0.25) is 14.9 Å². The molecule has 1 saturated heterocycles. The Labute approximate surface area is 168 Å². The minimum Gasteiger partial charge on any atom is -0.333 e. The van der Waals surface area contributed by atoms with Gasteiger partial charge >= 0.3 is 6.03 Å². The van der Waals surface area contributed by atoms with Crippen molar-refractivity contribution in [3.05, 3.63) is 47.5 Å². The number of aryl methyl sites for hydroxylation is 2. The molecule has 4 amide bonds. The molecule has 1 aromatic heterocycles. The monoisotopic (exact) mass is 396 g/mol. The van der Waals surface area contributed by atoms with Gasteiger partial charge in [0, 0.05) is 19.4 Å². The number of hydrogen-bond donors (Lipinski definition) is 2. The smallest absolute Gasteiger partial charge is 0.322 e. The first-order valence-corrected chi connectivity index (χ1v) is 9.87. The lowest BCUT2D eigenvalue weighted by Crippen LogP contribution is -2.41. The summed E-state index contributed by atoms with van der Waals surface area (Å²) in [6.07, 6.45) is 2.17. The molecule has 1 aromatic carbocycles. The molecule has 152 valence electrons. The Hall–Kier alpha value is -3.23. The van der Waals surface area contributed by atoms with Crippen molar-refractivity contribution in [3.8, 4) is 0 Å². The van der Waals surface area contributed by atoms with Gasteiger partial charge in [0.1, 0.15) is 11.9 Å². The first kappa shape index (κ1) is 19.1.